The van der Waals surface area contributed by atoms with Crippen molar-refractivity contribution in [3.05, 3.63) is 34.4 Å². The first-order valence-corrected chi connectivity index (χ1v) is 5.82. The molecule has 0 heterocycles. The Labute approximate surface area is 99.7 Å². The van der Waals surface area contributed by atoms with E-state index in [-0.39, 0.29) is 11.8 Å². The zero-order chi connectivity index (χ0) is 12.3. The Morgan fingerprint density at radius 2 is 1.76 bits per heavy atom. The van der Waals surface area contributed by atoms with Gasteiger partial charge in [0.05, 0.1) is 11.0 Å². The first-order chi connectivity index (χ1) is 8.15. The van der Waals surface area contributed by atoms with Gasteiger partial charge in [0.2, 0.25) is 0 Å². The van der Waals surface area contributed by atoms with Gasteiger partial charge in [-0.05, 0) is 37.8 Å². The monoisotopic (exact) mass is 236 g/mol. The van der Waals surface area contributed by atoms with Crippen LogP contribution in [0.1, 0.15) is 25.7 Å². The maximum atomic E-state index is 10.5. The molecule has 1 aromatic carbocycles. The van der Waals surface area contributed by atoms with Gasteiger partial charge in [-0.2, -0.15) is 0 Å². The van der Waals surface area contributed by atoms with E-state index in [1.807, 2.05) is 0 Å². The Bertz CT molecular complexity index is 383. The molecule has 0 aromatic heterocycles. The van der Waals surface area contributed by atoms with Crippen molar-refractivity contribution in [3.63, 3.8) is 0 Å². The molecule has 0 unspecified atom stereocenters. The molecular weight excluding hydrogens is 220 g/mol. The van der Waals surface area contributed by atoms with Crippen LogP contribution in [0.25, 0.3) is 0 Å². The van der Waals surface area contributed by atoms with E-state index in [0.29, 0.717) is 11.8 Å². The van der Waals surface area contributed by atoms with Crippen LogP contribution in [0.5, 0.6) is 5.75 Å². The highest BCUT2D eigenvalue weighted by atomic mass is 16.6. The summed E-state index contributed by atoms with van der Waals surface area (Å²) in [5.74, 6) is 0.691. The molecule has 1 aromatic rings. The predicted molar refractivity (Wildman–Crippen MR) is 64.0 cm³/mol. The summed E-state index contributed by atoms with van der Waals surface area (Å²) >= 11 is 0. The number of nitro groups is 1. The van der Waals surface area contributed by atoms with E-state index >= 15 is 0 Å². The van der Waals surface area contributed by atoms with Gasteiger partial charge in [-0.15, -0.1) is 0 Å². The second-order valence-corrected chi connectivity index (χ2v) is 4.41. The van der Waals surface area contributed by atoms with Gasteiger partial charge >= 0.3 is 0 Å². The topological polar surface area (TPSA) is 78.4 Å². The minimum atomic E-state index is -0.413. The molecule has 1 fully saturated rings. The molecule has 1 saturated carbocycles. The summed E-state index contributed by atoms with van der Waals surface area (Å²) in [6.07, 6.45) is 4.07. The van der Waals surface area contributed by atoms with E-state index < -0.39 is 4.92 Å². The van der Waals surface area contributed by atoms with Crippen molar-refractivity contribution in [3.8, 4) is 5.75 Å². The summed E-state index contributed by atoms with van der Waals surface area (Å²) in [5.41, 5.74) is 5.90. The van der Waals surface area contributed by atoms with Crippen LogP contribution >= 0.6 is 0 Å². The van der Waals surface area contributed by atoms with Gasteiger partial charge in [0, 0.05) is 18.2 Å². The summed E-state index contributed by atoms with van der Waals surface area (Å²) in [7, 11) is 0. The molecule has 1 aliphatic rings. The fraction of sp³-hybridized carbons (Fsp3) is 0.500. The quantitative estimate of drug-likeness (QED) is 0.644. The van der Waals surface area contributed by atoms with Crippen LogP contribution in [0.4, 0.5) is 5.69 Å². The summed E-state index contributed by atoms with van der Waals surface area (Å²) in [6, 6.07) is 6.51. The van der Waals surface area contributed by atoms with E-state index in [9.17, 15) is 10.1 Å². The molecule has 92 valence electrons. The fourth-order valence-corrected chi connectivity index (χ4v) is 2.05. The van der Waals surface area contributed by atoms with Crippen molar-refractivity contribution in [2.24, 2.45) is 5.73 Å². The second-order valence-electron chi connectivity index (χ2n) is 4.41. The molecule has 0 aliphatic heterocycles. The molecule has 0 atom stereocenters. The Kier molecular flexibility index (Phi) is 3.58. The number of ether oxygens (including phenoxy) is 1. The summed E-state index contributed by atoms with van der Waals surface area (Å²) < 4.78 is 5.76. The molecule has 0 spiro atoms. The Morgan fingerprint density at radius 3 is 2.29 bits per heavy atom. The molecule has 1 aliphatic carbocycles. The average Bonchev–Trinajstić information content (AvgIpc) is 2.33. The van der Waals surface area contributed by atoms with Gasteiger partial charge < -0.3 is 10.5 Å². The highest BCUT2D eigenvalue weighted by Crippen LogP contribution is 2.24. The first kappa shape index (κ1) is 11.9. The number of nitrogens with zero attached hydrogens (tertiary/aromatic N) is 1. The van der Waals surface area contributed by atoms with Gasteiger partial charge in [-0.1, -0.05) is 0 Å². The molecule has 2 rings (SSSR count). The molecule has 0 saturated heterocycles. The van der Waals surface area contributed by atoms with E-state index in [2.05, 4.69) is 0 Å². The van der Waals surface area contributed by atoms with Crippen molar-refractivity contribution in [1.29, 1.82) is 0 Å². The van der Waals surface area contributed by atoms with Gasteiger partial charge in [0.1, 0.15) is 5.75 Å². The van der Waals surface area contributed by atoms with Crippen LogP contribution < -0.4 is 10.5 Å². The van der Waals surface area contributed by atoms with Crippen molar-refractivity contribution in [2.45, 2.75) is 37.8 Å². The SMILES string of the molecule is NC1CCC(Oc2ccc([N+](=O)[O-])cc2)CC1. The number of hydrogen-bond donors (Lipinski definition) is 1. The largest absolute Gasteiger partial charge is 0.490 e. The molecule has 0 amide bonds. The highest BCUT2D eigenvalue weighted by molar-refractivity contribution is 5.36. The van der Waals surface area contributed by atoms with Crippen LogP contribution in [-0.2, 0) is 0 Å². The third-order valence-electron chi connectivity index (χ3n) is 3.07. The number of nitrogens with two attached hydrogens (primary N) is 1. The van der Waals surface area contributed by atoms with Crippen LogP contribution in [0.15, 0.2) is 24.3 Å². The number of rotatable bonds is 3. The molecule has 0 bridgehead atoms. The minimum Gasteiger partial charge on any atom is -0.490 e. The zero-order valence-corrected chi connectivity index (χ0v) is 9.54. The third-order valence-corrected chi connectivity index (χ3v) is 3.07. The van der Waals surface area contributed by atoms with Crippen LogP contribution in [-0.4, -0.2) is 17.1 Å². The van der Waals surface area contributed by atoms with E-state index in [4.69, 9.17) is 10.5 Å². The number of non-ortho nitro benzene ring substituents is 1. The summed E-state index contributed by atoms with van der Waals surface area (Å²) in [5, 5.41) is 10.5. The molecule has 2 N–H and O–H groups in total. The minimum absolute atomic E-state index is 0.0861. The molecule has 5 nitrogen and oxygen atoms in total. The maximum Gasteiger partial charge on any atom is 0.269 e. The Hall–Kier alpha value is -1.62. The summed E-state index contributed by atoms with van der Waals surface area (Å²) in [6.45, 7) is 0. The average molecular weight is 236 g/mol. The van der Waals surface area contributed by atoms with E-state index in [0.717, 1.165) is 25.7 Å². The number of hydrogen-bond acceptors (Lipinski definition) is 4. The van der Waals surface area contributed by atoms with Crippen LogP contribution in [0, 0.1) is 10.1 Å². The first-order valence-electron chi connectivity index (χ1n) is 5.82. The lowest BCUT2D eigenvalue weighted by Gasteiger charge is -2.26. The van der Waals surface area contributed by atoms with Crippen molar-refractivity contribution < 1.29 is 9.66 Å². The third kappa shape index (κ3) is 3.17. The van der Waals surface area contributed by atoms with Gasteiger partial charge in [-0.3, -0.25) is 10.1 Å². The highest BCUT2D eigenvalue weighted by Gasteiger charge is 2.19. The van der Waals surface area contributed by atoms with Gasteiger partial charge in [0.25, 0.3) is 5.69 Å². The van der Waals surface area contributed by atoms with E-state index in [1.54, 1.807) is 12.1 Å². The zero-order valence-electron chi connectivity index (χ0n) is 9.54. The lowest BCUT2D eigenvalue weighted by atomic mass is 9.94. The molecule has 17 heavy (non-hydrogen) atoms. The summed E-state index contributed by atoms with van der Waals surface area (Å²) in [4.78, 5) is 10.1. The smallest absolute Gasteiger partial charge is 0.269 e. The van der Waals surface area contributed by atoms with Crippen LogP contribution in [0.3, 0.4) is 0 Å². The van der Waals surface area contributed by atoms with Crippen molar-refractivity contribution >= 4 is 5.69 Å². The fourth-order valence-electron chi connectivity index (χ4n) is 2.05. The number of benzene rings is 1. The lowest BCUT2D eigenvalue weighted by molar-refractivity contribution is -0.384. The molecule has 5 heteroatoms. The normalized spacial score (nSPS) is 24.3. The van der Waals surface area contributed by atoms with Gasteiger partial charge in [-0.25, -0.2) is 0 Å². The lowest BCUT2D eigenvalue weighted by Crippen LogP contribution is -2.31. The maximum absolute atomic E-state index is 10.5. The van der Waals surface area contributed by atoms with Crippen molar-refractivity contribution in [1.82, 2.24) is 0 Å². The second kappa shape index (κ2) is 5.14. The van der Waals surface area contributed by atoms with Gasteiger partial charge in [0.15, 0.2) is 0 Å². The predicted octanol–water partition coefficient (Wildman–Crippen LogP) is 2.24. The molecule has 0 radical (unpaired) electrons. The Balaban J connectivity index is 1.92. The number of nitro benzene ring substituents is 1. The van der Waals surface area contributed by atoms with Crippen LogP contribution in [0.2, 0.25) is 0 Å². The standard InChI is InChI=1S/C12H16N2O3/c13-9-1-5-11(6-2-9)17-12-7-3-10(4-8-12)14(15)16/h3-4,7-9,11H,1-2,5-6,13H2. The van der Waals surface area contributed by atoms with E-state index in [1.165, 1.54) is 12.1 Å². The Morgan fingerprint density at radius 1 is 1.18 bits per heavy atom. The van der Waals surface area contributed by atoms with Crippen molar-refractivity contribution in [2.75, 3.05) is 0 Å². The molecular formula is C12H16N2O3.